The van der Waals surface area contributed by atoms with Gasteiger partial charge < -0.3 is 4.90 Å². The second kappa shape index (κ2) is 4.67. The summed E-state index contributed by atoms with van der Waals surface area (Å²) < 4.78 is 12.8. The van der Waals surface area contributed by atoms with Gasteiger partial charge >= 0.3 is 0 Å². The lowest BCUT2D eigenvalue weighted by Crippen LogP contribution is -2.08. The summed E-state index contributed by atoms with van der Waals surface area (Å²) >= 11 is 0. The van der Waals surface area contributed by atoms with Crippen molar-refractivity contribution in [2.24, 2.45) is 0 Å². The van der Waals surface area contributed by atoms with Gasteiger partial charge in [0.25, 0.3) is 0 Å². The molecule has 0 saturated heterocycles. The predicted octanol–water partition coefficient (Wildman–Crippen LogP) is 4.14. The van der Waals surface area contributed by atoms with Gasteiger partial charge in [0.2, 0.25) is 0 Å². The number of rotatable bonds is 2. The molecule has 17 heavy (non-hydrogen) atoms. The van der Waals surface area contributed by atoms with Crippen LogP contribution in [0.3, 0.4) is 0 Å². The van der Waals surface area contributed by atoms with Crippen molar-refractivity contribution in [1.82, 2.24) is 0 Å². The van der Waals surface area contributed by atoms with Gasteiger partial charge in [0.15, 0.2) is 5.69 Å². The molecule has 2 nitrogen and oxygen atoms in total. The first kappa shape index (κ1) is 11.2. The number of anilines is 2. The molecule has 0 aliphatic rings. The van der Waals surface area contributed by atoms with Crippen molar-refractivity contribution in [3.05, 3.63) is 65.8 Å². The minimum absolute atomic E-state index is 0.245. The molecule has 0 unspecified atom stereocenters. The number of hydrogen-bond acceptors (Lipinski definition) is 1. The van der Waals surface area contributed by atoms with Crippen LogP contribution in [-0.2, 0) is 0 Å². The number of halogens is 1. The van der Waals surface area contributed by atoms with Crippen LogP contribution in [0, 0.1) is 12.4 Å². The van der Waals surface area contributed by atoms with E-state index in [-0.39, 0.29) is 5.82 Å². The Hall–Kier alpha value is -2.34. The van der Waals surface area contributed by atoms with Crippen LogP contribution in [0.2, 0.25) is 0 Å². The number of nitrogens with zero attached hydrogens (tertiary/aromatic N) is 2. The van der Waals surface area contributed by atoms with E-state index in [9.17, 15) is 4.39 Å². The lowest BCUT2D eigenvalue weighted by molar-refractivity contribution is 0.628. The van der Waals surface area contributed by atoms with Crippen LogP contribution in [0.15, 0.2) is 48.5 Å². The Balaban J connectivity index is 2.27. The van der Waals surface area contributed by atoms with E-state index in [0.717, 1.165) is 11.4 Å². The average molecular weight is 226 g/mol. The molecule has 0 N–H and O–H groups in total. The molecule has 0 atom stereocenters. The first-order valence-electron chi connectivity index (χ1n) is 5.17. The maximum absolute atomic E-state index is 12.8. The number of hydrogen-bond donors (Lipinski definition) is 0. The molecular formula is C14H11FN2. The normalized spacial score (nSPS) is 9.71. The quantitative estimate of drug-likeness (QED) is 0.698. The molecule has 0 saturated carbocycles. The van der Waals surface area contributed by atoms with E-state index in [0.29, 0.717) is 5.69 Å². The Morgan fingerprint density at radius 2 is 1.41 bits per heavy atom. The summed E-state index contributed by atoms with van der Waals surface area (Å²) in [5.41, 5.74) is 2.48. The highest BCUT2D eigenvalue weighted by Crippen LogP contribution is 2.25. The largest absolute Gasteiger partial charge is 0.345 e. The molecule has 3 heteroatoms. The van der Waals surface area contributed by atoms with E-state index in [1.807, 2.05) is 24.1 Å². The van der Waals surface area contributed by atoms with Crippen LogP contribution in [0.25, 0.3) is 4.85 Å². The summed E-state index contributed by atoms with van der Waals surface area (Å²) in [6.45, 7) is 6.88. The molecule has 0 aromatic heterocycles. The van der Waals surface area contributed by atoms with Gasteiger partial charge in [-0.05, 0) is 36.4 Å². The molecule has 84 valence electrons. The summed E-state index contributed by atoms with van der Waals surface area (Å²) in [7, 11) is 1.90. The van der Waals surface area contributed by atoms with Gasteiger partial charge in [0, 0.05) is 18.4 Å². The molecule has 2 rings (SSSR count). The molecule has 0 aliphatic carbocycles. The molecule has 0 radical (unpaired) electrons. The number of benzene rings is 2. The molecule has 2 aromatic rings. The fourth-order valence-electron chi connectivity index (χ4n) is 1.56. The van der Waals surface area contributed by atoms with Crippen molar-refractivity contribution < 1.29 is 4.39 Å². The van der Waals surface area contributed by atoms with Crippen LogP contribution in [-0.4, -0.2) is 7.05 Å². The topological polar surface area (TPSA) is 7.60 Å². The van der Waals surface area contributed by atoms with E-state index in [4.69, 9.17) is 6.57 Å². The van der Waals surface area contributed by atoms with Gasteiger partial charge in [-0.2, -0.15) is 0 Å². The highest BCUT2D eigenvalue weighted by molar-refractivity contribution is 5.64. The molecule has 0 aliphatic heterocycles. The summed E-state index contributed by atoms with van der Waals surface area (Å²) in [5.74, 6) is -0.245. The molecule has 0 spiro atoms. The van der Waals surface area contributed by atoms with Crippen LogP contribution >= 0.6 is 0 Å². The first-order chi connectivity index (χ1) is 8.20. The summed E-state index contributed by atoms with van der Waals surface area (Å²) in [5, 5.41) is 0. The van der Waals surface area contributed by atoms with Gasteiger partial charge in [-0.25, -0.2) is 9.24 Å². The van der Waals surface area contributed by atoms with E-state index < -0.39 is 0 Å². The molecule has 0 bridgehead atoms. The Morgan fingerprint density at radius 1 is 0.941 bits per heavy atom. The van der Waals surface area contributed by atoms with Crippen molar-refractivity contribution >= 4 is 17.1 Å². The van der Waals surface area contributed by atoms with Crippen molar-refractivity contribution in [3.8, 4) is 0 Å². The molecule has 0 fully saturated rings. The predicted molar refractivity (Wildman–Crippen MR) is 67.2 cm³/mol. The van der Waals surface area contributed by atoms with Crippen LogP contribution in [0.1, 0.15) is 0 Å². The minimum Gasteiger partial charge on any atom is -0.345 e. The third-order valence-electron chi connectivity index (χ3n) is 2.58. The summed E-state index contributed by atoms with van der Waals surface area (Å²) in [6.07, 6.45) is 0. The zero-order valence-corrected chi connectivity index (χ0v) is 9.39. The SMILES string of the molecule is [C-]#[N+]c1ccc(N(C)c2ccc(F)cc2)cc1. The van der Waals surface area contributed by atoms with E-state index in [2.05, 4.69) is 4.85 Å². The summed E-state index contributed by atoms with van der Waals surface area (Å²) in [4.78, 5) is 5.27. The van der Waals surface area contributed by atoms with Gasteiger partial charge in [-0.1, -0.05) is 12.1 Å². The summed E-state index contributed by atoms with van der Waals surface area (Å²) in [6, 6.07) is 13.6. The van der Waals surface area contributed by atoms with Gasteiger partial charge in [-0.15, -0.1) is 0 Å². The fourth-order valence-corrected chi connectivity index (χ4v) is 1.56. The fraction of sp³-hybridized carbons (Fsp3) is 0.0714. The lowest BCUT2D eigenvalue weighted by atomic mass is 10.2. The second-order valence-corrected chi connectivity index (χ2v) is 3.66. The first-order valence-corrected chi connectivity index (χ1v) is 5.17. The van der Waals surface area contributed by atoms with E-state index in [1.54, 1.807) is 24.3 Å². The maximum atomic E-state index is 12.8. The monoisotopic (exact) mass is 226 g/mol. The smallest absolute Gasteiger partial charge is 0.187 e. The van der Waals surface area contributed by atoms with Gasteiger partial charge in [0.05, 0.1) is 6.57 Å². The molecule has 0 amide bonds. The zero-order chi connectivity index (χ0) is 12.3. The van der Waals surface area contributed by atoms with E-state index >= 15 is 0 Å². The lowest BCUT2D eigenvalue weighted by Gasteiger charge is -2.19. The van der Waals surface area contributed by atoms with Crippen molar-refractivity contribution in [2.45, 2.75) is 0 Å². The Labute approximate surface area is 99.7 Å². The van der Waals surface area contributed by atoms with Crippen molar-refractivity contribution in [2.75, 3.05) is 11.9 Å². The molecule has 2 aromatic carbocycles. The zero-order valence-electron chi connectivity index (χ0n) is 9.39. The average Bonchev–Trinajstić information content (AvgIpc) is 2.39. The van der Waals surface area contributed by atoms with Gasteiger partial charge in [-0.3, -0.25) is 0 Å². The highest BCUT2D eigenvalue weighted by atomic mass is 19.1. The standard InChI is InChI=1S/C14H11FN2/c1-16-12-5-9-14(10-6-12)17(2)13-7-3-11(15)4-8-13/h3-10H,2H3. The Bertz CT molecular complexity index is 538. The Morgan fingerprint density at radius 3 is 1.88 bits per heavy atom. The molecule has 0 heterocycles. The van der Waals surface area contributed by atoms with E-state index in [1.165, 1.54) is 12.1 Å². The highest BCUT2D eigenvalue weighted by Gasteiger charge is 2.03. The van der Waals surface area contributed by atoms with Gasteiger partial charge in [0.1, 0.15) is 5.82 Å². The van der Waals surface area contributed by atoms with Crippen LogP contribution in [0.4, 0.5) is 21.5 Å². The van der Waals surface area contributed by atoms with Crippen LogP contribution < -0.4 is 4.90 Å². The third kappa shape index (κ3) is 2.43. The minimum atomic E-state index is -0.245. The van der Waals surface area contributed by atoms with Crippen LogP contribution in [0.5, 0.6) is 0 Å². The van der Waals surface area contributed by atoms with Crippen molar-refractivity contribution in [3.63, 3.8) is 0 Å². The van der Waals surface area contributed by atoms with Crippen molar-refractivity contribution in [1.29, 1.82) is 0 Å². The molecular weight excluding hydrogens is 215 g/mol. The maximum Gasteiger partial charge on any atom is 0.187 e. The Kier molecular flexibility index (Phi) is 3.06. The second-order valence-electron chi connectivity index (χ2n) is 3.66. The third-order valence-corrected chi connectivity index (χ3v) is 2.58.